The van der Waals surface area contributed by atoms with Crippen molar-refractivity contribution in [2.24, 2.45) is 11.3 Å². The van der Waals surface area contributed by atoms with Crippen LogP contribution in [0.5, 0.6) is 0 Å². The van der Waals surface area contributed by atoms with Crippen LogP contribution in [0.25, 0.3) is 0 Å². The van der Waals surface area contributed by atoms with Crippen molar-refractivity contribution in [3.05, 3.63) is 0 Å². The van der Waals surface area contributed by atoms with Crippen LogP contribution in [-0.4, -0.2) is 31.6 Å². The van der Waals surface area contributed by atoms with Crippen LogP contribution < -0.4 is 0 Å². The maximum atomic E-state index is 12.1. The molecule has 0 aromatic heterocycles. The zero-order valence-corrected chi connectivity index (χ0v) is 18.3. The van der Waals surface area contributed by atoms with Crippen molar-refractivity contribution in [3.8, 4) is 0 Å². The summed E-state index contributed by atoms with van der Waals surface area (Å²) in [4.78, 5) is 12.1. The molecule has 0 aromatic carbocycles. The van der Waals surface area contributed by atoms with E-state index in [1.54, 1.807) is 0 Å². The van der Waals surface area contributed by atoms with Gasteiger partial charge >= 0.3 is 9.76 Å². The van der Waals surface area contributed by atoms with Gasteiger partial charge in [-0.25, -0.2) is 0 Å². The van der Waals surface area contributed by atoms with E-state index in [2.05, 4.69) is 13.8 Å². The molecule has 0 saturated heterocycles. The van der Waals surface area contributed by atoms with Crippen LogP contribution in [0.15, 0.2) is 0 Å². The molecule has 3 nitrogen and oxygen atoms in total. The lowest BCUT2D eigenvalue weighted by Gasteiger charge is -2.40. The highest BCUT2D eigenvalue weighted by Crippen LogP contribution is 2.47. The summed E-state index contributed by atoms with van der Waals surface area (Å²) in [6.07, 6.45) is 10.7. The molecule has 1 rings (SSSR count). The second kappa shape index (κ2) is 11.5. The smallest absolute Gasteiger partial charge is 0.318 e. The summed E-state index contributed by atoms with van der Waals surface area (Å²) in [6, 6.07) is 0.780. The molecule has 1 unspecified atom stereocenters. The largest absolute Gasteiger partial charge is 0.516 e. The minimum atomic E-state index is -0.0440. The van der Waals surface area contributed by atoms with Crippen LogP contribution in [0.4, 0.5) is 0 Å². The monoisotopic (exact) mass is 368 g/mol. The minimum Gasteiger partial charge on any atom is -0.516 e. The highest BCUT2D eigenvalue weighted by molar-refractivity contribution is 6.33. The number of hydrogen-bond acceptors (Lipinski definition) is 3. The lowest BCUT2D eigenvalue weighted by molar-refractivity contribution is -0.137. The lowest BCUT2D eigenvalue weighted by atomic mass is 9.68. The third-order valence-electron chi connectivity index (χ3n) is 5.04. The van der Waals surface area contributed by atoms with Crippen molar-refractivity contribution in [2.75, 3.05) is 0 Å². The number of rotatable bonds is 11. The lowest BCUT2D eigenvalue weighted by Crippen LogP contribution is -2.29. The number of hydrogen-bond donors (Lipinski definition) is 0. The summed E-state index contributed by atoms with van der Waals surface area (Å²) in [7, 11) is 0.738. The fraction of sp³-hybridized carbons (Fsp3) is 0.947. The normalized spacial score (nSPS) is 19.4. The first kappa shape index (κ1) is 21.9. The number of carbonyl (C=O) groups is 1. The van der Waals surface area contributed by atoms with Crippen LogP contribution in [0.2, 0.25) is 11.6 Å². The van der Waals surface area contributed by atoms with Crippen molar-refractivity contribution in [2.45, 2.75) is 104 Å². The molecule has 0 amide bonds. The Morgan fingerprint density at radius 2 is 1.71 bits per heavy atom. The van der Waals surface area contributed by atoms with Crippen LogP contribution >= 0.6 is 0 Å². The summed E-state index contributed by atoms with van der Waals surface area (Å²) < 4.78 is 11.2. The average Bonchev–Trinajstić information content (AvgIpc) is 2.54. The molecule has 1 fully saturated rings. The van der Waals surface area contributed by atoms with E-state index >= 15 is 0 Å². The molecule has 138 valence electrons. The molecule has 0 heterocycles. The Kier molecular flexibility index (Phi) is 10.5. The maximum absolute atomic E-state index is 12.1. The molecule has 24 heavy (non-hydrogen) atoms. The second-order valence-electron chi connectivity index (χ2n) is 7.73. The molecule has 5 heteroatoms. The topological polar surface area (TPSA) is 35.5 Å². The Hall–Kier alpha value is -0.136. The zero-order chi connectivity index (χ0) is 18.0. The van der Waals surface area contributed by atoms with Gasteiger partial charge in [-0.15, -0.1) is 0 Å². The Morgan fingerprint density at radius 1 is 1.12 bits per heavy atom. The van der Waals surface area contributed by atoms with Crippen LogP contribution in [0.1, 0.15) is 86.0 Å². The summed E-state index contributed by atoms with van der Waals surface area (Å²) in [5.41, 5.74) is 1.18. The Bertz CT molecular complexity index is 345. The van der Waals surface area contributed by atoms with E-state index in [0.29, 0.717) is 30.5 Å². The van der Waals surface area contributed by atoms with Gasteiger partial charge in [0.2, 0.25) is 9.76 Å². The molecule has 1 aliphatic rings. The van der Waals surface area contributed by atoms with Gasteiger partial charge in [0, 0.05) is 6.10 Å². The van der Waals surface area contributed by atoms with Gasteiger partial charge in [0.05, 0.1) is 5.92 Å². The summed E-state index contributed by atoms with van der Waals surface area (Å²) in [5, 5.41) is 0. The quantitative estimate of drug-likeness (QED) is 0.470. The second-order valence-corrected chi connectivity index (χ2v) is 9.92. The van der Waals surface area contributed by atoms with E-state index in [0.717, 1.165) is 6.04 Å². The maximum Gasteiger partial charge on any atom is 0.318 e. The molecule has 1 atom stereocenters. The first-order chi connectivity index (χ1) is 11.4. The Labute approximate surface area is 154 Å². The van der Waals surface area contributed by atoms with Gasteiger partial charge in [0.15, 0.2) is 0 Å². The van der Waals surface area contributed by atoms with E-state index in [9.17, 15) is 4.79 Å². The summed E-state index contributed by atoms with van der Waals surface area (Å²) in [6.45, 7) is 10.6. The first-order valence-corrected chi connectivity index (χ1v) is 11.9. The molecule has 4 radical (unpaired) electrons. The molecular weight excluding hydrogens is 332 g/mol. The Balaban J connectivity index is 2.27. The van der Waals surface area contributed by atoms with Gasteiger partial charge in [-0.05, 0) is 69.4 Å². The van der Waals surface area contributed by atoms with Crippen molar-refractivity contribution in [3.63, 3.8) is 0 Å². The van der Waals surface area contributed by atoms with Gasteiger partial charge in [0.25, 0.3) is 5.97 Å². The van der Waals surface area contributed by atoms with E-state index in [-0.39, 0.29) is 18.0 Å². The fourth-order valence-electron chi connectivity index (χ4n) is 3.70. The predicted octanol–water partition coefficient (Wildman–Crippen LogP) is 5.20. The fourth-order valence-corrected chi connectivity index (χ4v) is 5.55. The van der Waals surface area contributed by atoms with E-state index in [1.807, 2.05) is 20.8 Å². The molecule has 1 aliphatic carbocycles. The third-order valence-corrected chi connectivity index (χ3v) is 7.69. The Morgan fingerprint density at radius 3 is 2.21 bits per heavy atom. The minimum absolute atomic E-state index is 0.0351. The first-order valence-electron chi connectivity index (χ1n) is 9.77. The van der Waals surface area contributed by atoms with Gasteiger partial charge < -0.3 is 8.85 Å². The molecule has 0 spiro atoms. The van der Waals surface area contributed by atoms with Crippen LogP contribution in [0.3, 0.4) is 0 Å². The van der Waals surface area contributed by atoms with E-state index < -0.39 is 0 Å². The van der Waals surface area contributed by atoms with Crippen LogP contribution in [-0.2, 0) is 13.6 Å². The van der Waals surface area contributed by atoms with Crippen molar-refractivity contribution in [1.29, 1.82) is 0 Å². The highest BCUT2D eigenvalue weighted by atomic mass is 28.2. The zero-order valence-electron chi connectivity index (χ0n) is 16.3. The highest BCUT2D eigenvalue weighted by Gasteiger charge is 2.34. The van der Waals surface area contributed by atoms with E-state index in [4.69, 9.17) is 8.85 Å². The van der Waals surface area contributed by atoms with Gasteiger partial charge in [-0.2, -0.15) is 0 Å². The molecule has 0 bridgehead atoms. The van der Waals surface area contributed by atoms with Crippen LogP contribution in [0, 0.1) is 11.3 Å². The van der Waals surface area contributed by atoms with Gasteiger partial charge in [0.1, 0.15) is 0 Å². The third kappa shape index (κ3) is 7.83. The van der Waals surface area contributed by atoms with Crippen molar-refractivity contribution in [1.82, 2.24) is 0 Å². The van der Waals surface area contributed by atoms with Crippen molar-refractivity contribution >= 4 is 25.5 Å². The molecular formula is C19H36O3Si2. The van der Waals surface area contributed by atoms with Crippen molar-refractivity contribution < 1.29 is 13.6 Å². The van der Waals surface area contributed by atoms with Gasteiger partial charge in [-0.1, -0.05) is 33.6 Å². The number of carbonyl (C=O) groups excluding carboxylic acids is 1. The molecule has 1 saturated carbocycles. The average molecular weight is 369 g/mol. The standard InChI is InChI=1S/C19H36O3Si2/c1-6-10-19(11-7-2)12-8-17(9-13-19)24-22-18(20)16(5)14-23-21-15(3)4/h15-17H,6-14H2,1-5H3. The SMILES string of the molecule is CCCC1(CCC)CCC([Si]OC(=O)C(C)C[Si]OC(C)C)CC1. The predicted molar refractivity (Wildman–Crippen MR) is 102 cm³/mol. The van der Waals surface area contributed by atoms with E-state index in [1.165, 1.54) is 51.4 Å². The molecule has 0 N–H and O–H groups in total. The molecule has 0 aliphatic heterocycles. The van der Waals surface area contributed by atoms with Gasteiger partial charge in [-0.3, -0.25) is 4.79 Å². The summed E-state index contributed by atoms with van der Waals surface area (Å²) >= 11 is 0. The molecule has 0 aromatic rings. The summed E-state index contributed by atoms with van der Waals surface area (Å²) in [5.74, 6) is -0.0791.